The van der Waals surface area contributed by atoms with Crippen LogP contribution in [0.4, 0.5) is 0 Å². The van der Waals surface area contributed by atoms with Crippen LogP contribution in [0.25, 0.3) is 0 Å². The Morgan fingerprint density at radius 1 is 1.06 bits per heavy atom. The summed E-state index contributed by atoms with van der Waals surface area (Å²) in [6.07, 6.45) is 2.46. The summed E-state index contributed by atoms with van der Waals surface area (Å²) in [4.78, 5) is 5.09. The average Bonchev–Trinajstić information content (AvgIpc) is 2.31. The van der Waals surface area contributed by atoms with Crippen molar-refractivity contribution in [3.05, 3.63) is 0 Å². The first-order valence-electron chi connectivity index (χ1n) is 6.87. The van der Waals surface area contributed by atoms with Crippen LogP contribution in [-0.4, -0.2) is 55.1 Å². The Morgan fingerprint density at radius 3 is 2.12 bits per heavy atom. The number of nitrogens with zero attached hydrogens (tertiary/aromatic N) is 2. The van der Waals surface area contributed by atoms with Gasteiger partial charge in [0.1, 0.15) is 0 Å². The first-order valence-corrected chi connectivity index (χ1v) is 6.87. The molecule has 3 nitrogen and oxygen atoms in total. The van der Waals surface area contributed by atoms with E-state index in [9.17, 15) is 0 Å². The molecule has 1 aliphatic heterocycles. The molecule has 0 amide bonds. The van der Waals surface area contributed by atoms with Gasteiger partial charge in [-0.1, -0.05) is 27.2 Å². The summed E-state index contributed by atoms with van der Waals surface area (Å²) in [5.74, 6) is 0.647. The molecule has 0 unspecified atom stereocenters. The van der Waals surface area contributed by atoms with Crippen LogP contribution >= 0.6 is 0 Å². The quantitative estimate of drug-likeness (QED) is 0.744. The van der Waals surface area contributed by atoms with E-state index in [4.69, 9.17) is 5.73 Å². The van der Waals surface area contributed by atoms with Crippen LogP contribution in [0.5, 0.6) is 0 Å². The third-order valence-corrected chi connectivity index (χ3v) is 3.85. The Labute approximate surface area is 101 Å². The Hall–Kier alpha value is -0.120. The summed E-state index contributed by atoms with van der Waals surface area (Å²) in [6, 6.07) is 0.350. The topological polar surface area (TPSA) is 32.5 Å². The van der Waals surface area contributed by atoms with Gasteiger partial charge in [-0.25, -0.2) is 0 Å². The van der Waals surface area contributed by atoms with Crippen molar-refractivity contribution in [3.63, 3.8) is 0 Å². The van der Waals surface area contributed by atoms with Gasteiger partial charge in [0.25, 0.3) is 0 Å². The van der Waals surface area contributed by atoms with Gasteiger partial charge in [0, 0.05) is 38.8 Å². The maximum absolute atomic E-state index is 6.20. The van der Waals surface area contributed by atoms with E-state index in [1.54, 1.807) is 0 Å². The minimum absolute atomic E-state index is 0.350. The molecule has 3 heteroatoms. The maximum Gasteiger partial charge on any atom is 0.0193 e. The monoisotopic (exact) mass is 227 g/mol. The van der Waals surface area contributed by atoms with Gasteiger partial charge in [0.05, 0.1) is 0 Å². The molecule has 96 valence electrons. The van der Waals surface area contributed by atoms with Crippen LogP contribution in [0.15, 0.2) is 0 Å². The molecule has 0 aromatic heterocycles. The molecule has 0 spiro atoms. The molecule has 0 bridgehead atoms. The van der Waals surface area contributed by atoms with E-state index in [-0.39, 0.29) is 0 Å². The molecule has 16 heavy (non-hydrogen) atoms. The van der Waals surface area contributed by atoms with Gasteiger partial charge in [0.2, 0.25) is 0 Å². The summed E-state index contributed by atoms with van der Waals surface area (Å²) in [5.41, 5.74) is 6.20. The van der Waals surface area contributed by atoms with E-state index in [1.807, 2.05) is 0 Å². The number of piperazine rings is 1. The van der Waals surface area contributed by atoms with E-state index >= 15 is 0 Å². The highest BCUT2D eigenvalue weighted by atomic mass is 15.3. The van der Waals surface area contributed by atoms with Crippen LogP contribution in [-0.2, 0) is 0 Å². The summed E-state index contributed by atoms with van der Waals surface area (Å²) in [6.45, 7) is 13.9. The van der Waals surface area contributed by atoms with Crippen LogP contribution < -0.4 is 5.73 Å². The zero-order chi connectivity index (χ0) is 12.0. The van der Waals surface area contributed by atoms with Crippen LogP contribution in [0, 0.1) is 5.92 Å². The van der Waals surface area contributed by atoms with Crippen molar-refractivity contribution < 1.29 is 0 Å². The minimum atomic E-state index is 0.350. The molecule has 1 heterocycles. The van der Waals surface area contributed by atoms with Gasteiger partial charge in [-0.2, -0.15) is 0 Å². The first-order chi connectivity index (χ1) is 7.67. The summed E-state index contributed by atoms with van der Waals surface area (Å²) in [7, 11) is 0. The number of rotatable bonds is 6. The van der Waals surface area contributed by atoms with Crippen molar-refractivity contribution in [2.45, 2.75) is 39.7 Å². The molecular weight excluding hydrogens is 198 g/mol. The molecule has 1 aliphatic rings. The highest BCUT2D eigenvalue weighted by Gasteiger charge is 2.19. The van der Waals surface area contributed by atoms with Crippen molar-refractivity contribution in [1.82, 2.24) is 9.80 Å². The lowest BCUT2D eigenvalue weighted by Gasteiger charge is -2.36. The maximum atomic E-state index is 6.20. The van der Waals surface area contributed by atoms with E-state index < -0.39 is 0 Å². The van der Waals surface area contributed by atoms with Gasteiger partial charge >= 0.3 is 0 Å². The predicted molar refractivity (Wildman–Crippen MR) is 70.6 cm³/mol. The van der Waals surface area contributed by atoms with Crippen molar-refractivity contribution in [1.29, 1.82) is 0 Å². The lowest BCUT2D eigenvalue weighted by molar-refractivity contribution is 0.121. The van der Waals surface area contributed by atoms with Gasteiger partial charge in [0.15, 0.2) is 0 Å². The van der Waals surface area contributed by atoms with Crippen molar-refractivity contribution in [2.24, 2.45) is 11.7 Å². The van der Waals surface area contributed by atoms with Gasteiger partial charge in [-0.15, -0.1) is 0 Å². The summed E-state index contributed by atoms with van der Waals surface area (Å²) < 4.78 is 0. The Bertz CT molecular complexity index is 176. The standard InChI is InChI=1S/C13H29N3/c1-4-6-15-7-9-16(10-8-15)11-13(14)12(3)5-2/h12-13H,4-11,14H2,1-3H3/t12-,13+/m0/s1. The summed E-state index contributed by atoms with van der Waals surface area (Å²) >= 11 is 0. The molecule has 1 saturated heterocycles. The average molecular weight is 227 g/mol. The van der Waals surface area contributed by atoms with Gasteiger partial charge in [-0.3, -0.25) is 4.90 Å². The molecule has 0 saturated carbocycles. The van der Waals surface area contributed by atoms with E-state index in [1.165, 1.54) is 45.6 Å². The van der Waals surface area contributed by atoms with Crippen molar-refractivity contribution in [2.75, 3.05) is 39.3 Å². The van der Waals surface area contributed by atoms with Gasteiger partial charge in [-0.05, 0) is 18.9 Å². The van der Waals surface area contributed by atoms with E-state index in [0.29, 0.717) is 12.0 Å². The van der Waals surface area contributed by atoms with Gasteiger partial charge < -0.3 is 10.6 Å². The largest absolute Gasteiger partial charge is 0.326 e. The zero-order valence-electron chi connectivity index (χ0n) is 11.3. The summed E-state index contributed by atoms with van der Waals surface area (Å²) in [5, 5.41) is 0. The molecule has 0 aromatic carbocycles. The van der Waals surface area contributed by atoms with Crippen molar-refractivity contribution >= 4 is 0 Å². The Kier molecular flexibility index (Phi) is 6.32. The fourth-order valence-corrected chi connectivity index (χ4v) is 2.29. The molecule has 0 radical (unpaired) electrons. The smallest absolute Gasteiger partial charge is 0.0193 e. The Balaban J connectivity index is 2.21. The van der Waals surface area contributed by atoms with E-state index in [0.717, 1.165) is 6.54 Å². The Morgan fingerprint density at radius 2 is 1.62 bits per heavy atom. The first kappa shape index (κ1) is 13.9. The second-order valence-corrected chi connectivity index (χ2v) is 5.19. The second kappa shape index (κ2) is 7.25. The third-order valence-electron chi connectivity index (χ3n) is 3.85. The van der Waals surface area contributed by atoms with Crippen LogP contribution in [0.3, 0.4) is 0 Å². The molecule has 1 rings (SSSR count). The fraction of sp³-hybridized carbons (Fsp3) is 1.00. The molecule has 0 aliphatic carbocycles. The highest BCUT2D eigenvalue weighted by molar-refractivity contribution is 4.77. The third kappa shape index (κ3) is 4.40. The fourth-order valence-electron chi connectivity index (χ4n) is 2.29. The van der Waals surface area contributed by atoms with Crippen LogP contribution in [0.1, 0.15) is 33.6 Å². The lowest BCUT2D eigenvalue weighted by Crippen LogP contribution is -2.51. The van der Waals surface area contributed by atoms with Crippen LogP contribution in [0.2, 0.25) is 0 Å². The zero-order valence-corrected chi connectivity index (χ0v) is 11.3. The van der Waals surface area contributed by atoms with Crippen molar-refractivity contribution in [3.8, 4) is 0 Å². The normalized spacial score (nSPS) is 23.2. The predicted octanol–water partition coefficient (Wildman–Crippen LogP) is 1.39. The van der Waals surface area contributed by atoms with E-state index in [2.05, 4.69) is 30.6 Å². The number of nitrogens with two attached hydrogens (primary N) is 1. The molecule has 2 atom stereocenters. The lowest BCUT2D eigenvalue weighted by atomic mass is 9.99. The molecule has 1 fully saturated rings. The second-order valence-electron chi connectivity index (χ2n) is 5.19. The minimum Gasteiger partial charge on any atom is -0.326 e. The number of hydrogen-bond acceptors (Lipinski definition) is 3. The molecular formula is C13H29N3. The number of hydrogen-bond donors (Lipinski definition) is 1. The SMILES string of the molecule is CCCN1CCN(C[C@@H](N)[C@@H](C)CC)CC1. The highest BCUT2D eigenvalue weighted by Crippen LogP contribution is 2.09. The molecule has 0 aromatic rings. The molecule has 2 N–H and O–H groups in total.